The molecule has 3 heterocycles. The molecule has 186 valence electrons. The largest absolute Gasteiger partial charge is 0.460 e. The molecule has 0 saturated carbocycles. The third kappa shape index (κ3) is 4.50. The first-order valence-electron chi connectivity index (χ1n) is 11.8. The Morgan fingerprint density at radius 2 is 2.00 bits per heavy atom. The number of pyridine rings is 1. The number of methoxy groups -OCH3 is 1. The molecule has 1 saturated heterocycles. The summed E-state index contributed by atoms with van der Waals surface area (Å²) in [5, 5.41) is 5.80. The smallest absolute Gasteiger partial charge is 0.357 e. The number of carbonyl (C=O) groups excluding carboxylic acids is 2. The molecule has 36 heavy (non-hydrogen) atoms. The van der Waals surface area contributed by atoms with Crippen molar-refractivity contribution in [3.63, 3.8) is 0 Å². The third-order valence-corrected chi connectivity index (χ3v) is 6.34. The minimum atomic E-state index is -0.432. The van der Waals surface area contributed by atoms with Crippen LogP contribution in [0.15, 0.2) is 53.1 Å². The van der Waals surface area contributed by atoms with Crippen LogP contribution in [0.25, 0.3) is 21.9 Å². The molecule has 2 aromatic carbocycles. The number of ether oxygens (including phenoxy) is 2. The molecule has 0 spiro atoms. The van der Waals surface area contributed by atoms with Gasteiger partial charge in [0.15, 0.2) is 0 Å². The maximum atomic E-state index is 12.8. The van der Waals surface area contributed by atoms with Crippen LogP contribution in [0.4, 0.5) is 0 Å². The molecule has 1 aliphatic heterocycles. The van der Waals surface area contributed by atoms with Crippen molar-refractivity contribution in [1.82, 2.24) is 15.4 Å². The van der Waals surface area contributed by atoms with E-state index in [0.717, 1.165) is 18.2 Å². The molecule has 1 fully saturated rings. The zero-order valence-corrected chi connectivity index (χ0v) is 20.4. The van der Waals surface area contributed by atoms with E-state index in [9.17, 15) is 9.59 Å². The van der Waals surface area contributed by atoms with E-state index in [-0.39, 0.29) is 11.9 Å². The van der Waals surface area contributed by atoms with Crippen LogP contribution in [-0.2, 0) is 9.57 Å². The zero-order chi connectivity index (χ0) is 25.2. The van der Waals surface area contributed by atoms with Gasteiger partial charge >= 0.3 is 5.97 Å². The number of fused-ring (bicyclic) bond motifs is 2. The van der Waals surface area contributed by atoms with Crippen molar-refractivity contribution in [3.8, 4) is 11.5 Å². The van der Waals surface area contributed by atoms with E-state index in [1.165, 1.54) is 0 Å². The maximum Gasteiger partial charge on any atom is 0.357 e. The summed E-state index contributed by atoms with van der Waals surface area (Å²) >= 11 is 0. The van der Waals surface area contributed by atoms with Gasteiger partial charge in [0.2, 0.25) is 0 Å². The van der Waals surface area contributed by atoms with Gasteiger partial charge in [-0.1, -0.05) is 0 Å². The van der Waals surface area contributed by atoms with Gasteiger partial charge in [-0.15, -0.1) is 5.06 Å². The molecule has 4 aromatic rings. The van der Waals surface area contributed by atoms with E-state index in [4.69, 9.17) is 18.7 Å². The van der Waals surface area contributed by atoms with Crippen LogP contribution in [-0.4, -0.2) is 55.3 Å². The summed E-state index contributed by atoms with van der Waals surface area (Å²) in [7, 11) is 3.23. The predicted octanol–water partition coefficient (Wildman–Crippen LogP) is 4.62. The van der Waals surface area contributed by atoms with Crippen LogP contribution in [0.5, 0.6) is 11.5 Å². The fourth-order valence-corrected chi connectivity index (χ4v) is 4.58. The summed E-state index contributed by atoms with van der Waals surface area (Å²) in [6.45, 7) is 2.96. The Morgan fingerprint density at radius 3 is 2.81 bits per heavy atom. The molecule has 2 aromatic heterocycles. The molecule has 1 N–H and O–H groups in total. The monoisotopic (exact) mass is 489 g/mol. The van der Waals surface area contributed by atoms with Crippen LogP contribution in [0.1, 0.15) is 39.3 Å². The van der Waals surface area contributed by atoms with Gasteiger partial charge in [0, 0.05) is 43.7 Å². The number of hydroxylamine groups is 2. The van der Waals surface area contributed by atoms with Gasteiger partial charge in [0.1, 0.15) is 22.8 Å². The number of amides is 1. The lowest BCUT2D eigenvalue weighted by molar-refractivity contribution is -0.129. The van der Waals surface area contributed by atoms with Gasteiger partial charge in [-0.25, -0.2) is 4.79 Å². The van der Waals surface area contributed by atoms with Crippen LogP contribution in [0, 0.1) is 6.92 Å². The van der Waals surface area contributed by atoms with Crippen molar-refractivity contribution >= 4 is 33.7 Å². The first kappa shape index (κ1) is 23.8. The van der Waals surface area contributed by atoms with Crippen molar-refractivity contribution < 1.29 is 28.3 Å². The second-order valence-corrected chi connectivity index (χ2v) is 8.68. The Kier molecular flexibility index (Phi) is 6.58. The Bertz CT molecular complexity index is 1450. The van der Waals surface area contributed by atoms with Crippen LogP contribution < -0.4 is 10.1 Å². The number of carbonyl (C=O) groups is 2. The van der Waals surface area contributed by atoms with Crippen LogP contribution in [0.2, 0.25) is 0 Å². The number of aromatic nitrogens is 1. The number of hydrogen-bond acceptors (Lipinski definition) is 8. The highest BCUT2D eigenvalue weighted by Crippen LogP contribution is 2.33. The standard InChI is InChI=1S/C27H27N3O6/c1-16-25(26(31)28-2)21-9-7-19(14-24(21)34-16)35-23-10-11-29-22-13-17(6-8-20(22)23)27(32)36-30-12-4-5-18(30)15-33-3/h6-11,13-14,18H,4-5,12,15H2,1-3H3,(H,28,31)/t18-/m0/s1. The molecular formula is C27H27N3O6. The fourth-order valence-electron chi connectivity index (χ4n) is 4.58. The molecule has 0 radical (unpaired) electrons. The maximum absolute atomic E-state index is 12.8. The molecule has 5 rings (SSSR count). The van der Waals surface area contributed by atoms with E-state index in [0.29, 0.717) is 58.0 Å². The molecule has 1 amide bonds. The van der Waals surface area contributed by atoms with Gasteiger partial charge in [0.05, 0.1) is 29.3 Å². The Balaban J connectivity index is 1.38. The number of hydrogen-bond donors (Lipinski definition) is 1. The van der Waals surface area contributed by atoms with Crippen molar-refractivity contribution in [2.24, 2.45) is 0 Å². The lowest BCUT2D eigenvalue weighted by Crippen LogP contribution is -2.35. The van der Waals surface area contributed by atoms with Gasteiger partial charge in [-0.2, -0.15) is 0 Å². The second-order valence-electron chi connectivity index (χ2n) is 8.68. The average Bonchev–Trinajstić information content (AvgIpc) is 3.45. The van der Waals surface area contributed by atoms with Gasteiger partial charge in [0.25, 0.3) is 5.91 Å². The number of rotatable bonds is 7. The lowest BCUT2D eigenvalue weighted by Gasteiger charge is -2.22. The third-order valence-electron chi connectivity index (χ3n) is 6.34. The normalized spacial score (nSPS) is 15.9. The molecule has 9 nitrogen and oxygen atoms in total. The summed E-state index contributed by atoms with van der Waals surface area (Å²) in [6.07, 6.45) is 3.51. The molecule has 9 heteroatoms. The summed E-state index contributed by atoms with van der Waals surface area (Å²) < 4.78 is 17.2. The Morgan fingerprint density at radius 1 is 1.17 bits per heavy atom. The van der Waals surface area contributed by atoms with Gasteiger partial charge in [-0.3, -0.25) is 9.78 Å². The van der Waals surface area contributed by atoms with Crippen molar-refractivity contribution in [1.29, 1.82) is 0 Å². The molecular weight excluding hydrogens is 462 g/mol. The first-order valence-corrected chi connectivity index (χ1v) is 11.8. The number of benzene rings is 2. The van der Waals surface area contributed by atoms with E-state index in [2.05, 4.69) is 10.3 Å². The Labute approximate surface area is 207 Å². The minimum absolute atomic E-state index is 0.0697. The van der Waals surface area contributed by atoms with Crippen molar-refractivity contribution in [2.75, 3.05) is 27.3 Å². The molecule has 1 atom stereocenters. The highest BCUT2D eigenvalue weighted by Gasteiger charge is 2.28. The molecule has 1 aliphatic rings. The predicted molar refractivity (Wildman–Crippen MR) is 133 cm³/mol. The van der Waals surface area contributed by atoms with Crippen LogP contribution in [0.3, 0.4) is 0 Å². The fraction of sp³-hybridized carbons (Fsp3) is 0.296. The molecule has 0 unspecified atom stereocenters. The summed E-state index contributed by atoms with van der Waals surface area (Å²) in [6, 6.07) is 12.4. The number of nitrogens with one attached hydrogen (secondary N) is 1. The highest BCUT2D eigenvalue weighted by atomic mass is 16.7. The van der Waals surface area contributed by atoms with E-state index in [1.807, 2.05) is 0 Å². The van der Waals surface area contributed by atoms with Crippen molar-refractivity contribution in [3.05, 3.63) is 65.5 Å². The SMILES string of the molecule is CNC(=O)c1c(C)oc2cc(Oc3ccnc4cc(C(=O)ON5CCC[C@H]5COC)ccc34)ccc12. The number of aryl methyl sites for hydroxylation is 1. The summed E-state index contributed by atoms with van der Waals surface area (Å²) in [5.41, 5.74) is 2.08. The average molecular weight is 490 g/mol. The summed E-state index contributed by atoms with van der Waals surface area (Å²) in [4.78, 5) is 35.0. The quantitative estimate of drug-likeness (QED) is 0.401. The topological polar surface area (TPSA) is 103 Å². The van der Waals surface area contributed by atoms with Gasteiger partial charge in [-0.05, 0) is 56.2 Å². The van der Waals surface area contributed by atoms with Crippen LogP contribution >= 0.6 is 0 Å². The number of nitrogens with zero attached hydrogens (tertiary/aromatic N) is 2. The second kappa shape index (κ2) is 9.96. The van der Waals surface area contributed by atoms with Gasteiger partial charge < -0.3 is 24.0 Å². The zero-order valence-electron chi connectivity index (χ0n) is 20.4. The van der Waals surface area contributed by atoms with E-state index < -0.39 is 5.97 Å². The molecule has 0 bridgehead atoms. The van der Waals surface area contributed by atoms with Crippen molar-refractivity contribution in [2.45, 2.75) is 25.8 Å². The Hall–Kier alpha value is -3.95. The molecule has 0 aliphatic carbocycles. The lowest BCUT2D eigenvalue weighted by atomic mass is 10.1. The van der Waals surface area contributed by atoms with E-state index in [1.54, 1.807) is 74.8 Å². The van der Waals surface area contributed by atoms with E-state index >= 15 is 0 Å². The summed E-state index contributed by atoms with van der Waals surface area (Å²) in [5.74, 6) is 1.03. The first-order chi connectivity index (χ1) is 17.5. The highest BCUT2D eigenvalue weighted by molar-refractivity contribution is 6.07. The number of furan rings is 1. The minimum Gasteiger partial charge on any atom is -0.460 e.